The molecule has 1 fully saturated rings. The van der Waals surface area contributed by atoms with E-state index in [2.05, 4.69) is 17.1 Å². The zero-order valence-corrected chi connectivity index (χ0v) is 13.3. The zero-order chi connectivity index (χ0) is 16.1. The summed E-state index contributed by atoms with van der Waals surface area (Å²) in [6.07, 6.45) is 2.96. The average molecular weight is 326 g/mol. The zero-order valence-electron chi connectivity index (χ0n) is 12.5. The van der Waals surface area contributed by atoms with Gasteiger partial charge in [0.25, 0.3) is 11.6 Å². The normalized spacial score (nSPS) is 16.5. The van der Waals surface area contributed by atoms with E-state index < -0.39 is 4.92 Å². The highest BCUT2D eigenvalue weighted by Crippen LogP contribution is 2.23. The van der Waals surface area contributed by atoms with E-state index in [-0.39, 0.29) is 28.2 Å². The van der Waals surface area contributed by atoms with E-state index in [9.17, 15) is 14.9 Å². The largest absolute Gasteiger partial charge is 0.349 e. The van der Waals surface area contributed by atoms with Gasteiger partial charge in [-0.3, -0.25) is 14.9 Å². The smallest absolute Gasteiger partial charge is 0.270 e. The molecule has 0 unspecified atom stereocenters. The van der Waals surface area contributed by atoms with Gasteiger partial charge in [0, 0.05) is 31.3 Å². The summed E-state index contributed by atoms with van der Waals surface area (Å²) in [7, 11) is 0. The third-order valence-electron chi connectivity index (χ3n) is 3.87. The minimum atomic E-state index is -0.531. The highest BCUT2D eigenvalue weighted by Gasteiger charge is 2.22. The van der Waals surface area contributed by atoms with Crippen molar-refractivity contribution in [2.24, 2.45) is 0 Å². The Bertz CT molecular complexity index is 557. The van der Waals surface area contributed by atoms with Crippen molar-refractivity contribution in [3.63, 3.8) is 0 Å². The lowest BCUT2D eigenvalue weighted by molar-refractivity contribution is -0.384. The van der Waals surface area contributed by atoms with Crippen LogP contribution in [0.25, 0.3) is 0 Å². The van der Waals surface area contributed by atoms with Crippen LogP contribution < -0.4 is 5.32 Å². The van der Waals surface area contributed by atoms with Crippen molar-refractivity contribution in [3.05, 3.63) is 38.9 Å². The molecule has 0 atom stereocenters. The molecule has 1 aliphatic rings. The standard InChI is InChI=1S/C15H20ClN3O3/c1-2-7-18-8-5-11(6-9-18)17-15(20)13-4-3-12(19(21)22)10-14(13)16/h3-4,10-11H,2,5-9H2,1H3,(H,17,20). The van der Waals surface area contributed by atoms with Gasteiger partial charge in [0.1, 0.15) is 0 Å². The number of halogens is 1. The van der Waals surface area contributed by atoms with E-state index in [0.717, 1.165) is 38.9 Å². The van der Waals surface area contributed by atoms with E-state index in [0.29, 0.717) is 0 Å². The molecule has 2 rings (SSSR count). The van der Waals surface area contributed by atoms with Gasteiger partial charge in [-0.15, -0.1) is 0 Å². The fraction of sp³-hybridized carbons (Fsp3) is 0.533. The van der Waals surface area contributed by atoms with Crippen molar-refractivity contribution in [3.8, 4) is 0 Å². The summed E-state index contributed by atoms with van der Waals surface area (Å²) in [4.78, 5) is 24.8. The van der Waals surface area contributed by atoms with Gasteiger partial charge >= 0.3 is 0 Å². The molecule has 22 heavy (non-hydrogen) atoms. The molecule has 7 heteroatoms. The monoisotopic (exact) mass is 325 g/mol. The molecule has 1 aromatic carbocycles. The molecule has 0 radical (unpaired) electrons. The Morgan fingerprint density at radius 3 is 2.68 bits per heavy atom. The van der Waals surface area contributed by atoms with Crippen LogP contribution in [0.1, 0.15) is 36.5 Å². The van der Waals surface area contributed by atoms with Gasteiger partial charge in [-0.25, -0.2) is 0 Å². The Labute approximate surface area is 134 Å². The second-order valence-corrected chi connectivity index (χ2v) is 5.92. The lowest BCUT2D eigenvalue weighted by atomic mass is 10.0. The maximum absolute atomic E-state index is 12.2. The van der Waals surface area contributed by atoms with Crippen LogP contribution in [0.5, 0.6) is 0 Å². The summed E-state index contributed by atoms with van der Waals surface area (Å²) in [5, 5.41) is 13.8. The van der Waals surface area contributed by atoms with Crippen LogP contribution in [0.4, 0.5) is 5.69 Å². The number of carbonyl (C=O) groups excluding carboxylic acids is 1. The molecule has 1 amide bonds. The Hall–Kier alpha value is -1.66. The number of rotatable bonds is 5. The summed E-state index contributed by atoms with van der Waals surface area (Å²) in [6, 6.07) is 4.04. The maximum Gasteiger partial charge on any atom is 0.270 e. The maximum atomic E-state index is 12.2. The van der Waals surface area contributed by atoms with Crippen molar-refractivity contribution in [2.45, 2.75) is 32.2 Å². The van der Waals surface area contributed by atoms with E-state index >= 15 is 0 Å². The summed E-state index contributed by atoms with van der Waals surface area (Å²) in [6.45, 7) is 5.21. The number of nitrogens with zero attached hydrogens (tertiary/aromatic N) is 2. The first-order chi connectivity index (χ1) is 10.5. The van der Waals surface area contributed by atoms with Crippen molar-refractivity contribution < 1.29 is 9.72 Å². The molecule has 0 bridgehead atoms. The number of nitro benzene ring substituents is 1. The van der Waals surface area contributed by atoms with E-state index in [4.69, 9.17) is 11.6 Å². The number of likely N-dealkylation sites (tertiary alicyclic amines) is 1. The molecule has 0 aliphatic carbocycles. The molecule has 1 aliphatic heterocycles. The quantitative estimate of drug-likeness (QED) is 0.667. The Balaban J connectivity index is 1.94. The summed E-state index contributed by atoms with van der Waals surface area (Å²) < 4.78 is 0. The molecule has 1 saturated heterocycles. The van der Waals surface area contributed by atoms with Gasteiger partial charge in [0.05, 0.1) is 15.5 Å². The first kappa shape index (κ1) is 16.7. The van der Waals surface area contributed by atoms with Crippen molar-refractivity contribution in [1.82, 2.24) is 10.2 Å². The highest BCUT2D eigenvalue weighted by molar-refractivity contribution is 6.34. The van der Waals surface area contributed by atoms with Gasteiger partial charge in [-0.2, -0.15) is 0 Å². The topological polar surface area (TPSA) is 75.5 Å². The number of amides is 1. The number of hydrogen-bond donors (Lipinski definition) is 1. The Morgan fingerprint density at radius 1 is 1.45 bits per heavy atom. The SMILES string of the molecule is CCCN1CCC(NC(=O)c2ccc([N+](=O)[O-])cc2Cl)CC1. The minimum Gasteiger partial charge on any atom is -0.349 e. The fourth-order valence-electron chi connectivity index (χ4n) is 2.68. The van der Waals surface area contributed by atoms with E-state index in [1.165, 1.54) is 18.2 Å². The predicted octanol–water partition coefficient (Wildman–Crippen LogP) is 2.85. The summed E-state index contributed by atoms with van der Waals surface area (Å²) >= 11 is 5.98. The van der Waals surface area contributed by atoms with Gasteiger partial charge in [0.2, 0.25) is 0 Å². The van der Waals surface area contributed by atoms with Crippen LogP contribution in [-0.2, 0) is 0 Å². The fourth-order valence-corrected chi connectivity index (χ4v) is 2.94. The second-order valence-electron chi connectivity index (χ2n) is 5.51. The third-order valence-corrected chi connectivity index (χ3v) is 4.18. The van der Waals surface area contributed by atoms with Crippen LogP contribution in [-0.4, -0.2) is 41.4 Å². The molecule has 120 valence electrons. The number of non-ortho nitro benzene ring substituents is 1. The number of carbonyl (C=O) groups is 1. The van der Waals surface area contributed by atoms with Crippen molar-refractivity contribution in [2.75, 3.05) is 19.6 Å². The number of piperidine rings is 1. The third kappa shape index (κ3) is 4.18. The summed E-state index contributed by atoms with van der Waals surface area (Å²) in [5.74, 6) is -0.270. The Kier molecular flexibility index (Phi) is 5.74. The second kappa shape index (κ2) is 7.56. The average Bonchev–Trinajstić information content (AvgIpc) is 2.49. The van der Waals surface area contributed by atoms with Crippen LogP contribution in [0.3, 0.4) is 0 Å². The number of nitro groups is 1. The lowest BCUT2D eigenvalue weighted by Crippen LogP contribution is -2.44. The van der Waals surface area contributed by atoms with E-state index in [1.807, 2.05) is 0 Å². The van der Waals surface area contributed by atoms with Crippen molar-refractivity contribution in [1.29, 1.82) is 0 Å². The lowest BCUT2D eigenvalue weighted by Gasteiger charge is -2.32. The summed E-state index contributed by atoms with van der Waals surface area (Å²) in [5.41, 5.74) is 0.165. The molecule has 1 heterocycles. The van der Waals surface area contributed by atoms with Gasteiger partial charge in [-0.05, 0) is 31.9 Å². The molecular formula is C15H20ClN3O3. The minimum absolute atomic E-state index is 0.107. The number of nitrogens with one attached hydrogen (secondary N) is 1. The molecule has 0 saturated carbocycles. The van der Waals surface area contributed by atoms with Gasteiger partial charge < -0.3 is 10.2 Å². The van der Waals surface area contributed by atoms with Crippen LogP contribution in [0.2, 0.25) is 5.02 Å². The van der Waals surface area contributed by atoms with Gasteiger partial charge in [0.15, 0.2) is 0 Å². The van der Waals surface area contributed by atoms with Crippen LogP contribution >= 0.6 is 11.6 Å². The molecule has 1 aromatic rings. The van der Waals surface area contributed by atoms with Gasteiger partial charge in [-0.1, -0.05) is 18.5 Å². The predicted molar refractivity (Wildman–Crippen MR) is 85.3 cm³/mol. The molecule has 0 spiro atoms. The molecule has 0 aromatic heterocycles. The molecule has 1 N–H and O–H groups in total. The first-order valence-electron chi connectivity index (χ1n) is 7.48. The molecular weight excluding hydrogens is 306 g/mol. The molecule has 6 nitrogen and oxygen atoms in total. The first-order valence-corrected chi connectivity index (χ1v) is 7.86. The Morgan fingerprint density at radius 2 is 2.14 bits per heavy atom. The van der Waals surface area contributed by atoms with Crippen molar-refractivity contribution >= 4 is 23.2 Å². The van der Waals surface area contributed by atoms with Crippen LogP contribution in [0.15, 0.2) is 18.2 Å². The highest BCUT2D eigenvalue weighted by atomic mass is 35.5. The number of benzene rings is 1. The van der Waals surface area contributed by atoms with Crippen LogP contribution in [0, 0.1) is 10.1 Å². The van der Waals surface area contributed by atoms with E-state index in [1.54, 1.807) is 0 Å². The number of hydrogen-bond acceptors (Lipinski definition) is 4.